The molecule has 0 aliphatic carbocycles. The number of nitrogens with one attached hydrogen (secondary N) is 1. The highest BCUT2D eigenvalue weighted by Crippen LogP contribution is 2.33. The molecule has 0 fully saturated rings. The first-order valence-electron chi connectivity index (χ1n) is 6.16. The summed E-state index contributed by atoms with van der Waals surface area (Å²) in [5.74, 6) is 0.0361. The van der Waals surface area contributed by atoms with E-state index < -0.39 is 0 Å². The van der Waals surface area contributed by atoms with E-state index in [-0.39, 0.29) is 18.5 Å². The van der Waals surface area contributed by atoms with Gasteiger partial charge >= 0.3 is 5.97 Å². The number of thiophene rings is 1. The van der Waals surface area contributed by atoms with Gasteiger partial charge in [0.15, 0.2) is 6.61 Å². The second-order valence-corrected chi connectivity index (χ2v) is 5.10. The van der Waals surface area contributed by atoms with Gasteiger partial charge in [0, 0.05) is 16.6 Å². The quantitative estimate of drug-likeness (QED) is 0.858. The number of carbonyl (C=O) groups is 2. The van der Waals surface area contributed by atoms with Gasteiger partial charge in [0.25, 0.3) is 5.91 Å². The minimum Gasteiger partial charge on any atom is -0.483 e. The molecule has 0 saturated heterocycles. The van der Waals surface area contributed by atoms with Crippen molar-refractivity contribution in [1.82, 2.24) is 5.32 Å². The summed E-state index contributed by atoms with van der Waals surface area (Å²) in [5.41, 5.74) is 0. The first-order chi connectivity index (χ1) is 9.65. The van der Waals surface area contributed by atoms with Gasteiger partial charge in [-0.05, 0) is 25.1 Å². The lowest BCUT2D eigenvalue weighted by molar-refractivity contribution is -0.122. The van der Waals surface area contributed by atoms with Gasteiger partial charge in [-0.25, -0.2) is 4.79 Å². The lowest BCUT2D eigenvalue weighted by atomic mass is 10.2. The number of ether oxygens (including phenoxy) is 2. The summed E-state index contributed by atoms with van der Waals surface area (Å²) in [6.07, 6.45) is 0. The molecule has 1 heterocycles. The standard InChI is InChI=1S/C14H15NO4S/c1-3-15-13(16)8-19-10-5-4-6-11-9(10)7-12(20-11)14(17)18-2/h4-7H,3,8H2,1-2H3,(H,15,16). The van der Waals surface area contributed by atoms with E-state index in [4.69, 9.17) is 9.47 Å². The molecule has 1 amide bonds. The fraction of sp³-hybridized carbons (Fsp3) is 0.286. The fourth-order valence-corrected chi connectivity index (χ4v) is 2.75. The third-order valence-electron chi connectivity index (χ3n) is 2.64. The van der Waals surface area contributed by atoms with Crippen molar-refractivity contribution in [3.05, 3.63) is 29.1 Å². The normalized spacial score (nSPS) is 10.3. The molecule has 0 aliphatic rings. The number of amides is 1. The average Bonchev–Trinajstić information content (AvgIpc) is 2.89. The van der Waals surface area contributed by atoms with E-state index in [0.29, 0.717) is 17.2 Å². The molecule has 0 atom stereocenters. The Morgan fingerprint density at radius 2 is 2.15 bits per heavy atom. The average molecular weight is 293 g/mol. The zero-order chi connectivity index (χ0) is 14.5. The molecule has 1 aromatic carbocycles. The summed E-state index contributed by atoms with van der Waals surface area (Å²) in [5, 5.41) is 3.47. The van der Waals surface area contributed by atoms with Crippen LogP contribution in [0.25, 0.3) is 10.1 Å². The fourth-order valence-electron chi connectivity index (χ4n) is 1.75. The van der Waals surface area contributed by atoms with Gasteiger partial charge in [-0.3, -0.25) is 4.79 Å². The zero-order valence-corrected chi connectivity index (χ0v) is 12.1. The Labute approximate surface area is 120 Å². The topological polar surface area (TPSA) is 64.6 Å². The van der Waals surface area contributed by atoms with E-state index in [1.54, 1.807) is 12.1 Å². The molecule has 20 heavy (non-hydrogen) atoms. The van der Waals surface area contributed by atoms with E-state index in [0.717, 1.165) is 10.1 Å². The minimum absolute atomic E-state index is 0.0453. The molecule has 6 heteroatoms. The largest absolute Gasteiger partial charge is 0.483 e. The number of carbonyl (C=O) groups excluding carboxylic acids is 2. The van der Waals surface area contributed by atoms with Crippen molar-refractivity contribution < 1.29 is 19.1 Å². The molecule has 2 rings (SSSR count). The highest BCUT2D eigenvalue weighted by molar-refractivity contribution is 7.20. The first-order valence-corrected chi connectivity index (χ1v) is 6.97. The van der Waals surface area contributed by atoms with Crippen LogP contribution < -0.4 is 10.1 Å². The number of benzene rings is 1. The van der Waals surface area contributed by atoms with Crippen LogP contribution in [-0.2, 0) is 9.53 Å². The van der Waals surface area contributed by atoms with Gasteiger partial charge in [0.2, 0.25) is 0 Å². The van der Waals surface area contributed by atoms with E-state index in [9.17, 15) is 9.59 Å². The minimum atomic E-state index is -0.374. The molecule has 0 saturated carbocycles. The number of rotatable bonds is 5. The van der Waals surface area contributed by atoms with Crippen molar-refractivity contribution in [1.29, 1.82) is 0 Å². The summed E-state index contributed by atoms with van der Waals surface area (Å²) in [7, 11) is 1.35. The van der Waals surface area contributed by atoms with Crippen LogP contribution in [0.15, 0.2) is 24.3 Å². The van der Waals surface area contributed by atoms with Gasteiger partial charge in [-0.1, -0.05) is 6.07 Å². The first kappa shape index (κ1) is 14.3. The van der Waals surface area contributed by atoms with Crippen LogP contribution in [0, 0.1) is 0 Å². The molecule has 0 aliphatic heterocycles. The van der Waals surface area contributed by atoms with Crippen LogP contribution in [0.4, 0.5) is 0 Å². The summed E-state index contributed by atoms with van der Waals surface area (Å²) < 4.78 is 11.1. The number of fused-ring (bicyclic) bond motifs is 1. The van der Waals surface area contributed by atoms with E-state index >= 15 is 0 Å². The Morgan fingerprint density at radius 1 is 1.35 bits per heavy atom. The number of methoxy groups -OCH3 is 1. The Bertz CT molecular complexity index is 635. The van der Waals surface area contributed by atoms with Crippen molar-refractivity contribution >= 4 is 33.3 Å². The summed E-state index contributed by atoms with van der Waals surface area (Å²) >= 11 is 1.33. The molecule has 1 N–H and O–H groups in total. The van der Waals surface area contributed by atoms with Crippen LogP contribution >= 0.6 is 11.3 Å². The molecular weight excluding hydrogens is 278 g/mol. The zero-order valence-electron chi connectivity index (χ0n) is 11.3. The van der Waals surface area contributed by atoms with Gasteiger partial charge in [0.05, 0.1) is 7.11 Å². The summed E-state index contributed by atoms with van der Waals surface area (Å²) in [4.78, 5) is 23.4. The SMILES string of the molecule is CCNC(=O)COc1cccc2sc(C(=O)OC)cc12. The van der Waals surface area contributed by atoms with Crippen LogP contribution in [0.1, 0.15) is 16.6 Å². The van der Waals surface area contributed by atoms with Crippen LogP contribution in [0.5, 0.6) is 5.75 Å². The van der Waals surface area contributed by atoms with Gasteiger partial charge < -0.3 is 14.8 Å². The maximum Gasteiger partial charge on any atom is 0.348 e. The van der Waals surface area contributed by atoms with Crippen molar-refractivity contribution in [2.24, 2.45) is 0 Å². The molecule has 106 valence electrons. The maximum atomic E-state index is 11.5. The molecule has 1 aromatic heterocycles. The third-order valence-corrected chi connectivity index (χ3v) is 3.72. The monoisotopic (exact) mass is 293 g/mol. The molecule has 0 spiro atoms. The van der Waals surface area contributed by atoms with Gasteiger partial charge in [0.1, 0.15) is 10.6 Å². The Morgan fingerprint density at radius 3 is 2.85 bits per heavy atom. The summed E-state index contributed by atoms with van der Waals surface area (Å²) in [6.45, 7) is 2.37. The van der Waals surface area contributed by atoms with Crippen LogP contribution in [0.2, 0.25) is 0 Å². The van der Waals surface area contributed by atoms with Crippen molar-refractivity contribution in [2.75, 3.05) is 20.3 Å². The smallest absolute Gasteiger partial charge is 0.348 e. The van der Waals surface area contributed by atoms with Crippen LogP contribution in [-0.4, -0.2) is 32.1 Å². The lowest BCUT2D eigenvalue weighted by Crippen LogP contribution is -2.28. The van der Waals surface area contributed by atoms with Crippen molar-refractivity contribution in [3.8, 4) is 5.75 Å². The lowest BCUT2D eigenvalue weighted by Gasteiger charge is -2.06. The predicted octanol–water partition coefficient (Wildman–Crippen LogP) is 2.20. The molecule has 2 aromatic rings. The van der Waals surface area contributed by atoms with E-state index in [1.807, 2.05) is 19.1 Å². The number of hydrogen-bond acceptors (Lipinski definition) is 5. The summed E-state index contributed by atoms with van der Waals surface area (Å²) in [6, 6.07) is 7.21. The predicted molar refractivity (Wildman–Crippen MR) is 77.3 cm³/mol. The highest BCUT2D eigenvalue weighted by atomic mass is 32.1. The van der Waals surface area contributed by atoms with Crippen molar-refractivity contribution in [3.63, 3.8) is 0 Å². The second kappa shape index (κ2) is 6.38. The maximum absolute atomic E-state index is 11.5. The molecule has 0 bridgehead atoms. The van der Waals surface area contributed by atoms with E-state index in [2.05, 4.69) is 5.32 Å². The number of esters is 1. The molecule has 0 unspecified atom stereocenters. The Balaban J connectivity index is 2.23. The van der Waals surface area contributed by atoms with Gasteiger partial charge in [-0.15, -0.1) is 11.3 Å². The molecule has 0 radical (unpaired) electrons. The molecular formula is C14H15NO4S. The van der Waals surface area contributed by atoms with Crippen LogP contribution in [0.3, 0.4) is 0 Å². The Kier molecular flexibility index (Phi) is 4.57. The number of hydrogen-bond donors (Lipinski definition) is 1. The highest BCUT2D eigenvalue weighted by Gasteiger charge is 2.13. The third kappa shape index (κ3) is 3.08. The Hall–Kier alpha value is -2.08. The second-order valence-electron chi connectivity index (χ2n) is 4.01. The molecule has 5 nitrogen and oxygen atoms in total. The van der Waals surface area contributed by atoms with Gasteiger partial charge in [-0.2, -0.15) is 0 Å². The van der Waals surface area contributed by atoms with E-state index in [1.165, 1.54) is 18.4 Å². The van der Waals surface area contributed by atoms with Crippen molar-refractivity contribution in [2.45, 2.75) is 6.92 Å². The number of likely N-dealkylation sites (N-methyl/N-ethyl adjacent to an activating group) is 1.